The fourth-order valence-corrected chi connectivity index (χ4v) is 7.43. The number of carbonyl (C=O) groups is 3. The monoisotopic (exact) mass is 881 g/mol. The maximum Gasteiger partial charge on any atom is 0.306 e. The van der Waals surface area contributed by atoms with E-state index in [0.29, 0.717) is 19.3 Å². The van der Waals surface area contributed by atoms with E-state index < -0.39 is 6.10 Å². The minimum Gasteiger partial charge on any atom is -0.462 e. The van der Waals surface area contributed by atoms with Crippen molar-refractivity contribution in [2.45, 2.75) is 271 Å². The Balaban J connectivity index is 4.46. The molecule has 0 radical (unpaired) electrons. The SMILES string of the molecule is CCCCC/C=C\C/C=C\C/C=C\C/C=C\CCCC(=O)O[C@H](COC(=O)CCCCCCC/C=C\CCCCCC)COC(=O)CCCCCCCCCCCCCCCCC. The Morgan fingerprint density at radius 1 is 0.317 bits per heavy atom. The second-order valence-electron chi connectivity index (χ2n) is 17.8. The van der Waals surface area contributed by atoms with Gasteiger partial charge in [0.2, 0.25) is 0 Å². The molecule has 0 aliphatic heterocycles. The summed E-state index contributed by atoms with van der Waals surface area (Å²) in [6.45, 7) is 6.56. The Morgan fingerprint density at radius 2 is 0.587 bits per heavy atom. The molecule has 6 nitrogen and oxygen atoms in total. The summed E-state index contributed by atoms with van der Waals surface area (Å²) >= 11 is 0. The summed E-state index contributed by atoms with van der Waals surface area (Å²) in [5, 5.41) is 0. The molecule has 0 aliphatic carbocycles. The number of esters is 3. The number of unbranched alkanes of at least 4 members (excludes halogenated alkanes) is 27. The molecule has 6 heteroatoms. The van der Waals surface area contributed by atoms with Gasteiger partial charge < -0.3 is 14.2 Å². The molecule has 0 aromatic carbocycles. The molecule has 0 N–H and O–H groups in total. The molecular weight excluding hydrogens is 781 g/mol. The number of allylic oxidation sites excluding steroid dienone is 10. The summed E-state index contributed by atoms with van der Waals surface area (Å²) in [4.78, 5) is 38.0. The molecule has 0 saturated heterocycles. The van der Waals surface area contributed by atoms with Gasteiger partial charge in [-0.1, -0.05) is 223 Å². The minimum absolute atomic E-state index is 0.0963. The lowest BCUT2D eigenvalue weighted by atomic mass is 10.0. The molecule has 0 saturated carbocycles. The third-order valence-corrected chi connectivity index (χ3v) is 11.5. The van der Waals surface area contributed by atoms with Crippen LogP contribution in [0, 0.1) is 0 Å². The number of hydrogen-bond acceptors (Lipinski definition) is 6. The first-order valence-corrected chi connectivity index (χ1v) is 26.8. The van der Waals surface area contributed by atoms with Gasteiger partial charge in [-0.3, -0.25) is 14.4 Å². The molecule has 0 aromatic heterocycles. The van der Waals surface area contributed by atoms with E-state index in [0.717, 1.165) is 70.6 Å². The molecule has 63 heavy (non-hydrogen) atoms. The zero-order chi connectivity index (χ0) is 45.8. The topological polar surface area (TPSA) is 78.9 Å². The highest BCUT2D eigenvalue weighted by atomic mass is 16.6. The van der Waals surface area contributed by atoms with E-state index >= 15 is 0 Å². The van der Waals surface area contributed by atoms with Gasteiger partial charge >= 0.3 is 17.9 Å². The van der Waals surface area contributed by atoms with Crippen molar-refractivity contribution >= 4 is 17.9 Å². The van der Waals surface area contributed by atoms with E-state index in [1.165, 1.54) is 148 Å². The average molecular weight is 881 g/mol. The smallest absolute Gasteiger partial charge is 0.306 e. The number of hydrogen-bond donors (Lipinski definition) is 0. The zero-order valence-electron chi connectivity index (χ0n) is 41.6. The Labute approximate surface area is 390 Å². The van der Waals surface area contributed by atoms with E-state index in [1.807, 2.05) is 0 Å². The van der Waals surface area contributed by atoms with Gasteiger partial charge in [0.1, 0.15) is 13.2 Å². The van der Waals surface area contributed by atoms with Crippen LogP contribution in [0.1, 0.15) is 265 Å². The van der Waals surface area contributed by atoms with Crippen LogP contribution < -0.4 is 0 Å². The highest BCUT2D eigenvalue weighted by molar-refractivity contribution is 5.71. The summed E-state index contributed by atoms with van der Waals surface area (Å²) < 4.78 is 16.8. The summed E-state index contributed by atoms with van der Waals surface area (Å²) in [5.41, 5.74) is 0. The molecule has 0 unspecified atom stereocenters. The Hall–Kier alpha value is -2.89. The second-order valence-corrected chi connectivity index (χ2v) is 17.8. The fraction of sp³-hybridized carbons (Fsp3) is 0.772. The Bertz CT molecular complexity index is 1150. The largest absolute Gasteiger partial charge is 0.462 e. The lowest BCUT2D eigenvalue weighted by Crippen LogP contribution is -2.30. The van der Waals surface area contributed by atoms with Gasteiger partial charge in [-0.05, 0) is 83.5 Å². The van der Waals surface area contributed by atoms with Crippen molar-refractivity contribution in [2.75, 3.05) is 13.2 Å². The van der Waals surface area contributed by atoms with Crippen LogP contribution in [0.5, 0.6) is 0 Å². The quantitative estimate of drug-likeness (QED) is 0.0262. The minimum atomic E-state index is -0.803. The van der Waals surface area contributed by atoms with Crippen molar-refractivity contribution in [2.24, 2.45) is 0 Å². The van der Waals surface area contributed by atoms with Crippen LogP contribution in [0.25, 0.3) is 0 Å². The van der Waals surface area contributed by atoms with E-state index in [-0.39, 0.29) is 37.5 Å². The molecular formula is C57H100O6. The van der Waals surface area contributed by atoms with Crippen molar-refractivity contribution in [1.82, 2.24) is 0 Å². The highest BCUT2D eigenvalue weighted by Crippen LogP contribution is 2.15. The Kier molecular flexibility index (Phi) is 49.4. The van der Waals surface area contributed by atoms with Crippen molar-refractivity contribution in [3.8, 4) is 0 Å². The average Bonchev–Trinajstić information content (AvgIpc) is 3.28. The summed E-state index contributed by atoms with van der Waals surface area (Å²) in [5.74, 6) is -0.955. The predicted molar refractivity (Wildman–Crippen MR) is 270 cm³/mol. The van der Waals surface area contributed by atoms with Crippen molar-refractivity contribution < 1.29 is 28.6 Å². The maximum absolute atomic E-state index is 12.8. The predicted octanol–water partition coefficient (Wildman–Crippen LogP) is 17.6. The van der Waals surface area contributed by atoms with Crippen molar-refractivity contribution in [3.63, 3.8) is 0 Å². The molecule has 0 aliphatic rings. The first kappa shape index (κ1) is 60.1. The first-order chi connectivity index (χ1) is 31.0. The third kappa shape index (κ3) is 50.0. The Morgan fingerprint density at radius 3 is 1.00 bits per heavy atom. The molecule has 0 amide bonds. The molecule has 364 valence electrons. The molecule has 0 aromatic rings. The molecule has 0 bridgehead atoms. The van der Waals surface area contributed by atoms with Crippen LogP contribution in [0.2, 0.25) is 0 Å². The zero-order valence-corrected chi connectivity index (χ0v) is 41.6. The summed E-state index contributed by atoms with van der Waals surface area (Å²) in [6, 6.07) is 0. The lowest BCUT2D eigenvalue weighted by Gasteiger charge is -2.18. The van der Waals surface area contributed by atoms with Crippen LogP contribution >= 0.6 is 0 Å². The van der Waals surface area contributed by atoms with Crippen LogP contribution in [0.3, 0.4) is 0 Å². The van der Waals surface area contributed by atoms with Crippen LogP contribution in [0.4, 0.5) is 0 Å². The van der Waals surface area contributed by atoms with E-state index in [4.69, 9.17) is 14.2 Å². The standard InChI is InChI=1S/C57H100O6/c1-4-7-10-13-16-19-22-25-27-28-30-33-36-39-42-45-48-51-57(60)63-54(52-61-55(58)49-46-43-40-37-34-31-24-21-18-15-12-9-6-3)53-62-56(59)50-47-44-41-38-35-32-29-26-23-20-17-14-11-8-5-2/h16,19,21,24-25,27,30,33,39,42,54H,4-15,17-18,20,22-23,26,28-29,31-32,34-38,40-41,43-53H2,1-3H3/b19-16-,24-21-,27-25-,33-30-,42-39-/t54-/m1/s1. The highest BCUT2D eigenvalue weighted by Gasteiger charge is 2.19. The lowest BCUT2D eigenvalue weighted by molar-refractivity contribution is -0.167. The normalized spacial score (nSPS) is 12.5. The van der Waals surface area contributed by atoms with Gasteiger partial charge in [0, 0.05) is 19.3 Å². The van der Waals surface area contributed by atoms with Gasteiger partial charge in [-0.25, -0.2) is 0 Å². The van der Waals surface area contributed by atoms with Gasteiger partial charge in [0.05, 0.1) is 0 Å². The first-order valence-electron chi connectivity index (χ1n) is 26.8. The van der Waals surface area contributed by atoms with Crippen LogP contribution in [0.15, 0.2) is 60.8 Å². The van der Waals surface area contributed by atoms with Gasteiger partial charge in [0.25, 0.3) is 0 Å². The molecule has 0 spiro atoms. The van der Waals surface area contributed by atoms with Gasteiger partial charge in [0.15, 0.2) is 6.10 Å². The van der Waals surface area contributed by atoms with E-state index in [2.05, 4.69) is 81.5 Å². The van der Waals surface area contributed by atoms with Crippen LogP contribution in [-0.4, -0.2) is 37.2 Å². The number of rotatable bonds is 48. The summed E-state index contributed by atoms with van der Waals surface area (Å²) in [7, 11) is 0. The molecule has 1 atom stereocenters. The van der Waals surface area contributed by atoms with Crippen LogP contribution in [-0.2, 0) is 28.6 Å². The van der Waals surface area contributed by atoms with E-state index in [9.17, 15) is 14.4 Å². The molecule has 0 rings (SSSR count). The van der Waals surface area contributed by atoms with Crippen molar-refractivity contribution in [1.29, 1.82) is 0 Å². The maximum atomic E-state index is 12.8. The van der Waals surface area contributed by atoms with E-state index in [1.54, 1.807) is 0 Å². The van der Waals surface area contributed by atoms with Gasteiger partial charge in [-0.15, -0.1) is 0 Å². The fourth-order valence-electron chi connectivity index (χ4n) is 7.43. The summed E-state index contributed by atoms with van der Waals surface area (Å²) in [6.07, 6.45) is 63.5. The van der Waals surface area contributed by atoms with Crippen molar-refractivity contribution in [3.05, 3.63) is 60.8 Å². The molecule has 0 fully saturated rings. The number of ether oxygens (including phenoxy) is 3. The molecule has 0 heterocycles. The third-order valence-electron chi connectivity index (χ3n) is 11.5. The van der Waals surface area contributed by atoms with Gasteiger partial charge in [-0.2, -0.15) is 0 Å². The second kappa shape index (κ2) is 51.7. The number of carbonyl (C=O) groups excluding carboxylic acids is 3.